The predicted molar refractivity (Wildman–Crippen MR) is 68.5 cm³/mol. The lowest BCUT2D eigenvalue weighted by molar-refractivity contribution is 0.625. The number of alkyl halides is 1. The molecule has 0 amide bonds. The van der Waals surface area contributed by atoms with Crippen LogP contribution in [0.15, 0.2) is 6.07 Å². The molecule has 0 spiro atoms. The molecule has 1 aromatic heterocycles. The Morgan fingerprint density at radius 1 is 1.47 bits per heavy atom. The van der Waals surface area contributed by atoms with Gasteiger partial charge in [-0.05, 0) is 38.7 Å². The molecule has 1 heterocycles. The summed E-state index contributed by atoms with van der Waals surface area (Å²) in [5.41, 5.74) is 2.47. The minimum absolute atomic E-state index is 0.692. The Labute approximate surface area is 101 Å². The first-order chi connectivity index (χ1) is 7.13. The summed E-state index contributed by atoms with van der Waals surface area (Å²) in [5, 5.41) is 4.35. The van der Waals surface area contributed by atoms with E-state index in [4.69, 9.17) is 0 Å². The summed E-state index contributed by atoms with van der Waals surface area (Å²) in [6.45, 7) is 4.28. The van der Waals surface area contributed by atoms with Crippen molar-refractivity contribution in [1.29, 1.82) is 0 Å². The Morgan fingerprint density at radius 2 is 2.20 bits per heavy atom. The highest BCUT2D eigenvalue weighted by Gasteiger charge is 2.05. The van der Waals surface area contributed by atoms with Gasteiger partial charge in [0.05, 0.1) is 5.69 Å². The summed E-state index contributed by atoms with van der Waals surface area (Å²) in [5.74, 6) is 0. The smallest absolute Gasteiger partial charge is 0.0596 e. The van der Waals surface area contributed by atoms with Gasteiger partial charge in [0.25, 0.3) is 0 Å². The van der Waals surface area contributed by atoms with E-state index in [2.05, 4.69) is 34.0 Å². The van der Waals surface area contributed by atoms with Crippen LogP contribution < -0.4 is 0 Å². The zero-order chi connectivity index (χ0) is 11.3. The van der Waals surface area contributed by atoms with Crippen LogP contribution in [0.25, 0.3) is 0 Å². The van der Waals surface area contributed by atoms with E-state index < -0.39 is 0 Å². The fraction of sp³-hybridized carbons (Fsp3) is 0.750. The second-order valence-electron chi connectivity index (χ2n) is 4.18. The van der Waals surface area contributed by atoms with Crippen LogP contribution >= 0.6 is 15.9 Å². The first-order valence-corrected chi connectivity index (χ1v) is 6.68. The number of aryl methyl sites for hydroxylation is 3. The number of hydrogen-bond donors (Lipinski definition) is 0. The van der Waals surface area contributed by atoms with Gasteiger partial charge in [-0.1, -0.05) is 29.3 Å². The molecule has 0 aliphatic rings. The van der Waals surface area contributed by atoms with Crippen LogP contribution in [-0.4, -0.2) is 14.6 Å². The Hall–Kier alpha value is -0.310. The molecule has 0 fully saturated rings. The molecule has 15 heavy (non-hydrogen) atoms. The van der Waals surface area contributed by atoms with Crippen LogP contribution in [0.3, 0.4) is 0 Å². The molecule has 1 rings (SSSR count). The fourth-order valence-electron chi connectivity index (χ4n) is 1.86. The van der Waals surface area contributed by atoms with Crippen LogP contribution in [-0.2, 0) is 13.5 Å². The third kappa shape index (κ3) is 4.37. The molecule has 0 radical (unpaired) electrons. The maximum atomic E-state index is 4.35. The normalized spacial score (nSPS) is 13.1. The molecule has 0 aromatic carbocycles. The number of aromatic nitrogens is 2. The topological polar surface area (TPSA) is 17.8 Å². The van der Waals surface area contributed by atoms with Crippen LogP contribution in [0.2, 0.25) is 0 Å². The second kappa shape index (κ2) is 6.31. The molecular weight excluding hydrogens is 252 g/mol. The summed E-state index contributed by atoms with van der Waals surface area (Å²) in [7, 11) is 2.03. The number of nitrogens with zero attached hydrogens (tertiary/aromatic N) is 2. The predicted octanol–water partition coefficient (Wildman–Crippen LogP) is 3.61. The lowest BCUT2D eigenvalue weighted by Crippen LogP contribution is -2.01. The van der Waals surface area contributed by atoms with E-state index >= 15 is 0 Å². The number of hydrogen-bond acceptors (Lipinski definition) is 1. The van der Waals surface area contributed by atoms with Crippen molar-refractivity contribution in [3.8, 4) is 0 Å². The Bertz CT molecular complexity index is 294. The van der Waals surface area contributed by atoms with Gasteiger partial charge >= 0.3 is 0 Å². The van der Waals surface area contributed by atoms with Gasteiger partial charge in [-0.3, -0.25) is 4.68 Å². The van der Waals surface area contributed by atoms with Gasteiger partial charge in [-0.25, -0.2) is 0 Å². The quantitative estimate of drug-likeness (QED) is 0.724. The van der Waals surface area contributed by atoms with Crippen molar-refractivity contribution in [2.45, 2.75) is 50.8 Å². The van der Waals surface area contributed by atoms with E-state index in [0.717, 1.165) is 12.1 Å². The van der Waals surface area contributed by atoms with Crippen LogP contribution in [0.4, 0.5) is 0 Å². The van der Waals surface area contributed by atoms with Gasteiger partial charge < -0.3 is 0 Å². The molecular formula is C12H21BrN2. The molecule has 0 aliphatic heterocycles. The molecule has 0 saturated carbocycles. The minimum atomic E-state index is 0.692. The minimum Gasteiger partial charge on any atom is -0.272 e. The fourth-order valence-corrected chi connectivity index (χ4v) is 2.64. The molecule has 1 aromatic rings. The van der Waals surface area contributed by atoms with Crippen LogP contribution in [0.5, 0.6) is 0 Å². The molecule has 0 N–H and O–H groups in total. The Kier molecular flexibility index (Phi) is 5.37. The van der Waals surface area contributed by atoms with Crippen molar-refractivity contribution in [2.24, 2.45) is 7.05 Å². The van der Waals surface area contributed by atoms with Crippen molar-refractivity contribution in [3.05, 3.63) is 17.5 Å². The van der Waals surface area contributed by atoms with Gasteiger partial charge in [0.1, 0.15) is 0 Å². The first-order valence-electron chi connectivity index (χ1n) is 5.77. The van der Waals surface area contributed by atoms with Gasteiger partial charge in [0.2, 0.25) is 0 Å². The average Bonchev–Trinajstić information content (AvgIpc) is 2.46. The van der Waals surface area contributed by atoms with Gasteiger partial charge in [-0.15, -0.1) is 0 Å². The molecule has 0 saturated heterocycles. The molecule has 1 unspecified atom stereocenters. The zero-order valence-electron chi connectivity index (χ0n) is 9.96. The van der Waals surface area contributed by atoms with Gasteiger partial charge in [-0.2, -0.15) is 5.10 Å². The van der Waals surface area contributed by atoms with E-state index in [1.165, 1.54) is 31.4 Å². The van der Waals surface area contributed by atoms with Crippen LogP contribution in [0, 0.1) is 6.92 Å². The van der Waals surface area contributed by atoms with Crippen molar-refractivity contribution >= 4 is 15.9 Å². The maximum Gasteiger partial charge on any atom is 0.0596 e. The summed E-state index contributed by atoms with van der Waals surface area (Å²) >= 11 is 3.71. The summed E-state index contributed by atoms with van der Waals surface area (Å²) in [6.07, 6.45) is 6.20. The van der Waals surface area contributed by atoms with Gasteiger partial charge in [0, 0.05) is 17.6 Å². The third-order valence-electron chi connectivity index (χ3n) is 2.65. The monoisotopic (exact) mass is 272 g/mol. The molecule has 2 nitrogen and oxygen atoms in total. The standard InChI is InChI=1S/C12H21BrN2/c1-4-6-11(13)7-5-8-12-9-10(2)14-15(12)3/h9,11H,4-8H2,1-3H3. The average molecular weight is 273 g/mol. The Balaban J connectivity index is 2.28. The third-order valence-corrected chi connectivity index (χ3v) is 3.57. The summed E-state index contributed by atoms with van der Waals surface area (Å²) < 4.78 is 2.00. The highest BCUT2D eigenvalue weighted by Crippen LogP contribution is 2.16. The summed E-state index contributed by atoms with van der Waals surface area (Å²) in [6, 6.07) is 2.18. The van der Waals surface area contributed by atoms with Crippen molar-refractivity contribution in [1.82, 2.24) is 9.78 Å². The molecule has 3 heteroatoms. The second-order valence-corrected chi connectivity index (χ2v) is 5.47. The Morgan fingerprint density at radius 3 is 2.73 bits per heavy atom. The highest BCUT2D eigenvalue weighted by molar-refractivity contribution is 9.09. The molecule has 86 valence electrons. The van der Waals surface area contributed by atoms with Gasteiger partial charge in [0.15, 0.2) is 0 Å². The van der Waals surface area contributed by atoms with Crippen molar-refractivity contribution in [3.63, 3.8) is 0 Å². The largest absolute Gasteiger partial charge is 0.272 e. The van der Waals surface area contributed by atoms with Crippen molar-refractivity contribution < 1.29 is 0 Å². The van der Waals surface area contributed by atoms with E-state index in [-0.39, 0.29) is 0 Å². The van der Waals surface area contributed by atoms with Crippen molar-refractivity contribution in [2.75, 3.05) is 0 Å². The van der Waals surface area contributed by atoms with E-state index in [1.54, 1.807) is 0 Å². The van der Waals surface area contributed by atoms with E-state index in [9.17, 15) is 0 Å². The lowest BCUT2D eigenvalue weighted by Gasteiger charge is -2.07. The van der Waals surface area contributed by atoms with E-state index in [0.29, 0.717) is 4.83 Å². The van der Waals surface area contributed by atoms with Crippen LogP contribution in [0.1, 0.15) is 44.0 Å². The molecule has 1 atom stereocenters. The zero-order valence-corrected chi connectivity index (χ0v) is 11.5. The lowest BCUT2D eigenvalue weighted by atomic mass is 10.1. The molecule has 0 bridgehead atoms. The van der Waals surface area contributed by atoms with E-state index in [1.807, 2.05) is 18.7 Å². The molecule has 0 aliphatic carbocycles. The SMILES string of the molecule is CCCC(Br)CCCc1cc(C)nn1C. The number of rotatable bonds is 6. The first kappa shape index (κ1) is 12.8. The number of halogens is 1. The highest BCUT2D eigenvalue weighted by atomic mass is 79.9. The summed E-state index contributed by atoms with van der Waals surface area (Å²) in [4.78, 5) is 0.692. The maximum absolute atomic E-state index is 4.35.